The second-order valence-electron chi connectivity index (χ2n) is 4.32. The van der Waals surface area contributed by atoms with Crippen LogP contribution in [0.25, 0.3) is 0 Å². The van der Waals surface area contributed by atoms with Crippen LogP contribution in [-0.4, -0.2) is 7.11 Å². The summed E-state index contributed by atoms with van der Waals surface area (Å²) >= 11 is 9.40. The summed E-state index contributed by atoms with van der Waals surface area (Å²) in [4.78, 5) is 0. The molecule has 2 nitrogen and oxygen atoms in total. The first-order valence-electron chi connectivity index (χ1n) is 5.93. The average molecular weight is 341 g/mol. The van der Waals surface area contributed by atoms with Crippen molar-refractivity contribution in [1.29, 1.82) is 0 Å². The van der Waals surface area contributed by atoms with Crippen molar-refractivity contribution in [2.45, 2.75) is 12.5 Å². The SMILES string of the molecule is COc1ccc(C(N)Cc2ccc(Cl)cc2)c(Br)c1. The predicted octanol–water partition coefficient (Wildman–Crippen LogP) is 4.35. The van der Waals surface area contributed by atoms with E-state index in [1.54, 1.807) is 7.11 Å². The van der Waals surface area contributed by atoms with Gasteiger partial charge in [0.15, 0.2) is 0 Å². The highest BCUT2D eigenvalue weighted by Crippen LogP contribution is 2.28. The van der Waals surface area contributed by atoms with Crippen LogP contribution in [0.4, 0.5) is 0 Å². The first-order valence-corrected chi connectivity index (χ1v) is 7.10. The number of ether oxygens (including phenoxy) is 1. The molecule has 0 saturated heterocycles. The van der Waals surface area contributed by atoms with Gasteiger partial charge in [-0.05, 0) is 41.8 Å². The monoisotopic (exact) mass is 339 g/mol. The number of halogens is 2. The second-order valence-corrected chi connectivity index (χ2v) is 5.62. The molecule has 0 spiro atoms. The van der Waals surface area contributed by atoms with Crippen LogP contribution in [0.1, 0.15) is 17.2 Å². The number of benzene rings is 2. The molecule has 2 N–H and O–H groups in total. The van der Waals surface area contributed by atoms with Gasteiger partial charge in [0.25, 0.3) is 0 Å². The number of hydrogen-bond donors (Lipinski definition) is 1. The lowest BCUT2D eigenvalue weighted by Gasteiger charge is -2.15. The summed E-state index contributed by atoms with van der Waals surface area (Å²) in [6.45, 7) is 0. The third-order valence-electron chi connectivity index (χ3n) is 2.98. The third kappa shape index (κ3) is 3.72. The molecule has 1 atom stereocenters. The van der Waals surface area contributed by atoms with E-state index in [2.05, 4.69) is 15.9 Å². The van der Waals surface area contributed by atoms with Crippen LogP contribution in [0.5, 0.6) is 5.75 Å². The minimum atomic E-state index is -0.0681. The Labute approximate surface area is 126 Å². The Hall–Kier alpha value is -1.03. The third-order valence-corrected chi connectivity index (χ3v) is 3.91. The smallest absolute Gasteiger partial charge is 0.120 e. The normalized spacial score (nSPS) is 12.2. The Balaban J connectivity index is 2.15. The fourth-order valence-corrected chi connectivity index (χ4v) is 2.70. The summed E-state index contributed by atoms with van der Waals surface area (Å²) in [6.07, 6.45) is 0.766. The van der Waals surface area contributed by atoms with Gasteiger partial charge in [-0.2, -0.15) is 0 Å². The highest BCUT2D eigenvalue weighted by atomic mass is 79.9. The summed E-state index contributed by atoms with van der Waals surface area (Å²) in [5.41, 5.74) is 8.49. The number of methoxy groups -OCH3 is 1. The molecule has 100 valence electrons. The van der Waals surface area contributed by atoms with E-state index in [1.165, 1.54) is 5.56 Å². The summed E-state index contributed by atoms with van der Waals surface area (Å²) < 4.78 is 6.14. The molecule has 0 aliphatic rings. The van der Waals surface area contributed by atoms with E-state index in [-0.39, 0.29) is 6.04 Å². The van der Waals surface area contributed by atoms with Gasteiger partial charge in [0.1, 0.15) is 5.75 Å². The van der Waals surface area contributed by atoms with Crippen molar-refractivity contribution < 1.29 is 4.74 Å². The van der Waals surface area contributed by atoms with Gasteiger partial charge < -0.3 is 10.5 Å². The second kappa shape index (κ2) is 6.42. The average Bonchev–Trinajstić information content (AvgIpc) is 2.41. The standard InChI is InChI=1S/C15H15BrClNO/c1-19-12-6-7-13(14(16)9-12)15(18)8-10-2-4-11(17)5-3-10/h2-7,9,15H,8,18H2,1H3. The van der Waals surface area contributed by atoms with Crippen LogP contribution in [0.2, 0.25) is 5.02 Å². The molecule has 19 heavy (non-hydrogen) atoms. The first kappa shape index (κ1) is 14.4. The van der Waals surface area contributed by atoms with Crippen molar-refractivity contribution in [3.8, 4) is 5.75 Å². The Morgan fingerprint density at radius 1 is 1.21 bits per heavy atom. The van der Waals surface area contributed by atoms with E-state index in [0.29, 0.717) is 0 Å². The fourth-order valence-electron chi connectivity index (χ4n) is 1.92. The summed E-state index contributed by atoms with van der Waals surface area (Å²) in [7, 11) is 1.65. The molecule has 0 aliphatic heterocycles. The molecule has 0 radical (unpaired) electrons. The van der Waals surface area contributed by atoms with E-state index >= 15 is 0 Å². The molecule has 0 bridgehead atoms. The highest BCUT2D eigenvalue weighted by molar-refractivity contribution is 9.10. The highest BCUT2D eigenvalue weighted by Gasteiger charge is 2.11. The maximum atomic E-state index is 6.25. The van der Waals surface area contributed by atoms with Crippen LogP contribution in [0, 0.1) is 0 Å². The zero-order valence-corrected chi connectivity index (χ0v) is 12.9. The van der Waals surface area contributed by atoms with E-state index in [0.717, 1.165) is 27.2 Å². The molecule has 4 heteroatoms. The lowest BCUT2D eigenvalue weighted by atomic mass is 10.00. The van der Waals surface area contributed by atoms with Gasteiger partial charge in [-0.15, -0.1) is 0 Å². The Morgan fingerprint density at radius 2 is 1.89 bits per heavy atom. The molecular formula is C15H15BrClNO. The summed E-state index contributed by atoms with van der Waals surface area (Å²) in [5, 5.41) is 0.739. The van der Waals surface area contributed by atoms with Crippen LogP contribution >= 0.6 is 27.5 Å². The van der Waals surface area contributed by atoms with Gasteiger partial charge >= 0.3 is 0 Å². The number of hydrogen-bond acceptors (Lipinski definition) is 2. The Morgan fingerprint density at radius 3 is 2.47 bits per heavy atom. The van der Waals surface area contributed by atoms with Crippen molar-refractivity contribution in [2.75, 3.05) is 7.11 Å². The van der Waals surface area contributed by atoms with Crippen molar-refractivity contribution in [1.82, 2.24) is 0 Å². The van der Waals surface area contributed by atoms with Crippen LogP contribution < -0.4 is 10.5 Å². The van der Waals surface area contributed by atoms with Gasteiger partial charge in [0, 0.05) is 15.5 Å². The van der Waals surface area contributed by atoms with Gasteiger partial charge in [-0.25, -0.2) is 0 Å². The molecule has 1 unspecified atom stereocenters. The number of nitrogens with two attached hydrogens (primary N) is 1. The van der Waals surface area contributed by atoms with Gasteiger partial charge in [0.05, 0.1) is 7.11 Å². The van der Waals surface area contributed by atoms with Crippen LogP contribution in [0.3, 0.4) is 0 Å². The molecule has 0 aliphatic carbocycles. The van der Waals surface area contributed by atoms with Crippen LogP contribution in [-0.2, 0) is 6.42 Å². The molecule has 0 amide bonds. The summed E-state index contributed by atoms with van der Waals surface area (Å²) in [5.74, 6) is 0.814. The zero-order chi connectivity index (χ0) is 13.8. The van der Waals surface area contributed by atoms with E-state index in [1.807, 2.05) is 42.5 Å². The minimum absolute atomic E-state index is 0.0681. The fraction of sp³-hybridized carbons (Fsp3) is 0.200. The lowest BCUT2D eigenvalue weighted by Crippen LogP contribution is -2.14. The van der Waals surface area contributed by atoms with E-state index in [4.69, 9.17) is 22.1 Å². The molecule has 0 aromatic heterocycles. The number of rotatable bonds is 4. The van der Waals surface area contributed by atoms with Gasteiger partial charge in [-0.1, -0.05) is 45.7 Å². The first-order chi connectivity index (χ1) is 9.10. The zero-order valence-electron chi connectivity index (χ0n) is 10.6. The maximum Gasteiger partial charge on any atom is 0.120 e. The lowest BCUT2D eigenvalue weighted by molar-refractivity contribution is 0.414. The molecule has 2 aromatic carbocycles. The molecule has 0 heterocycles. The molecule has 2 rings (SSSR count). The summed E-state index contributed by atoms with van der Waals surface area (Å²) in [6, 6.07) is 13.5. The van der Waals surface area contributed by atoms with Crippen molar-refractivity contribution in [2.24, 2.45) is 5.73 Å². The topological polar surface area (TPSA) is 35.2 Å². The molecule has 2 aromatic rings. The van der Waals surface area contributed by atoms with Crippen LogP contribution in [0.15, 0.2) is 46.9 Å². The van der Waals surface area contributed by atoms with E-state index in [9.17, 15) is 0 Å². The quantitative estimate of drug-likeness (QED) is 0.898. The van der Waals surface area contributed by atoms with E-state index < -0.39 is 0 Å². The van der Waals surface area contributed by atoms with Crippen molar-refractivity contribution in [3.63, 3.8) is 0 Å². The van der Waals surface area contributed by atoms with Gasteiger partial charge in [0.2, 0.25) is 0 Å². The molecular weight excluding hydrogens is 326 g/mol. The maximum absolute atomic E-state index is 6.25. The van der Waals surface area contributed by atoms with Gasteiger partial charge in [-0.3, -0.25) is 0 Å². The van der Waals surface area contributed by atoms with Crippen molar-refractivity contribution in [3.05, 3.63) is 63.1 Å². The minimum Gasteiger partial charge on any atom is -0.497 e. The molecule has 0 saturated carbocycles. The molecule has 0 fully saturated rings. The largest absolute Gasteiger partial charge is 0.497 e. The van der Waals surface area contributed by atoms with Crippen molar-refractivity contribution >= 4 is 27.5 Å². The Bertz CT molecular complexity index is 557. The Kier molecular flexibility index (Phi) is 4.86. The predicted molar refractivity (Wildman–Crippen MR) is 82.8 cm³/mol.